The van der Waals surface area contributed by atoms with Crippen LogP contribution in [0.5, 0.6) is 0 Å². The van der Waals surface area contributed by atoms with Crippen molar-refractivity contribution >= 4 is 22.7 Å². The maximum atomic E-state index is 14.4. The van der Waals surface area contributed by atoms with E-state index in [1.165, 1.54) is 23.1 Å². The second-order valence-corrected chi connectivity index (χ2v) is 6.82. The van der Waals surface area contributed by atoms with Crippen LogP contribution in [0.3, 0.4) is 0 Å². The van der Waals surface area contributed by atoms with Crippen molar-refractivity contribution in [3.63, 3.8) is 0 Å². The van der Waals surface area contributed by atoms with E-state index >= 15 is 0 Å². The van der Waals surface area contributed by atoms with E-state index in [-0.39, 0.29) is 23.2 Å². The van der Waals surface area contributed by atoms with Gasteiger partial charge in [-0.3, -0.25) is 0 Å². The predicted molar refractivity (Wildman–Crippen MR) is 94.3 cm³/mol. The fraction of sp³-hybridized carbons (Fsp3) is 0.333. The third kappa shape index (κ3) is 2.98. The van der Waals surface area contributed by atoms with E-state index in [4.69, 9.17) is 5.11 Å². The first-order valence-corrected chi connectivity index (χ1v) is 8.48. The van der Waals surface area contributed by atoms with E-state index in [9.17, 15) is 9.18 Å². The van der Waals surface area contributed by atoms with Gasteiger partial charge in [-0.25, -0.2) is 18.9 Å². The van der Waals surface area contributed by atoms with E-state index in [2.05, 4.69) is 20.4 Å². The van der Waals surface area contributed by atoms with E-state index in [0.29, 0.717) is 22.9 Å². The molecule has 0 unspecified atom stereocenters. The minimum atomic E-state index is -1.08. The number of nitrogens with zero attached hydrogens (tertiary/aromatic N) is 4. The monoisotopic (exact) mass is 355 g/mol. The summed E-state index contributed by atoms with van der Waals surface area (Å²) in [5.74, 6) is -0.550. The minimum absolute atomic E-state index is 0.0340. The molecule has 2 heterocycles. The smallest absolute Gasteiger partial charge is 0.338 e. The average molecular weight is 355 g/mol. The molecule has 1 aromatic carbocycles. The molecule has 1 aliphatic carbocycles. The molecule has 1 saturated carbocycles. The summed E-state index contributed by atoms with van der Waals surface area (Å²) >= 11 is 0. The van der Waals surface area contributed by atoms with Crippen molar-refractivity contribution in [3.8, 4) is 5.95 Å². The van der Waals surface area contributed by atoms with Crippen LogP contribution in [0.4, 0.5) is 10.2 Å². The van der Waals surface area contributed by atoms with Gasteiger partial charge in [-0.2, -0.15) is 10.1 Å². The molecule has 0 spiro atoms. The Morgan fingerprint density at radius 2 is 2.12 bits per heavy atom. The first kappa shape index (κ1) is 16.4. The van der Waals surface area contributed by atoms with Gasteiger partial charge in [0.05, 0.1) is 17.3 Å². The first-order chi connectivity index (χ1) is 12.4. The molecule has 1 fully saturated rings. The van der Waals surface area contributed by atoms with Crippen molar-refractivity contribution in [1.82, 2.24) is 19.7 Å². The topological polar surface area (TPSA) is 92.9 Å². The Labute approximate surface area is 148 Å². The molecular weight excluding hydrogens is 337 g/mol. The van der Waals surface area contributed by atoms with Crippen LogP contribution >= 0.6 is 0 Å². The van der Waals surface area contributed by atoms with Crippen molar-refractivity contribution in [2.45, 2.75) is 38.6 Å². The number of carbonyl (C=O) groups is 1. The molecule has 0 amide bonds. The Hall–Kier alpha value is -3.03. The fourth-order valence-corrected chi connectivity index (χ4v) is 2.77. The fourth-order valence-electron chi connectivity index (χ4n) is 2.77. The molecule has 26 heavy (non-hydrogen) atoms. The maximum Gasteiger partial charge on any atom is 0.338 e. The predicted octanol–water partition coefficient (Wildman–Crippen LogP) is 3.35. The van der Waals surface area contributed by atoms with Crippen LogP contribution < -0.4 is 5.32 Å². The van der Waals surface area contributed by atoms with Gasteiger partial charge in [-0.15, -0.1) is 0 Å². The van der Waals surface area contributed by atoms with Gasteiger partial charge < -0.3 is 10.4 Å². The number of carboxylic acids is 1. The summed E-state index contributed by atoms with van der Waals surface area (Å²) in [7, 11) is 0. The van der Waals surface area contributed by atoms with Gasteiger partial charge in [0.15, 0.2) is 0 Å². The number of carboxylic acid groups (broad SMARTS) is 1. The normalized spacial score (nSPS) is 14.2. The Bertz CT molecular complexity index is 1010. The molecule has 0 aliphatic heterocycles. The van der Waals surface area contributed by atoms with Crippen LogP contribution in [0, 0.1) is 5.82 Å². The molecule has 0 bridgehead atoms. The second kappa shape index (κ2) is 6.05. The molecule has 0 radical (unpaired) electrons. The number of nitrogens with one attached hydrogen (secondary N) is 1. The standard InChI is InChI=1S/C18H18FN5O2/c1-9(2)12-5-13-15(6-14(12)19)22-18(23-16(13)21-11-3-4-11)24-8-10(7-20-24)17(25)26/h5-9,11H,3-4H2,1-2H3,(H,25,26)(H,21,22,23). The number of anilines is 1. The molecule has 4 rings (SSSR count). The number of halogens is 1. The van der Waals surface area contributed by atoms with Crippen LogP contribution in [0.15, 0.2) is 24.5 Å². The number of fused-ring (bicyclic) bond motifs is 1. The Morgan fingerprint density at radius 3 is 2.73 bits per heavy atom. The van der Waals surface area contributed by atoms with Crippen LogP contribution in [0.2, 0.25) is 0 Å². The van der Waals surface area contributed by atoms with Gasteiger partial charge >= 0.3 is 5.97 Å². The van der Waals surface area contributed by atoms with E-state index in [0.717, 1.165) is 18.2 Å². The summed E-state index contributed by atoms with van der Waals surface area (Å²) in [6.07, 6.45) is 4.68. The van der Waals surface area contributed by atoms with Gasteiger partial charge in [0.1, 0.15) is 11.6 Å². The highest BCUT2D eigenvalue weighted by atomic mass is 19.1. The highest BCUT2D eigenvalue weighted by Crippen LogP contribution is 2.31. The molecule has 134 valence electrons. The van der Waals surface area contributed by atoms with Crippen molar-refractivity contribution in [2.24, 2.45) is 0 Å². The lowest BCUT2D eigenvalue weighted by Crippen LogP contribution is -2.10. The lowest BCUT2D eigenvalue weighted by Gasteiger charge is -2.13. The number of aromatic carboxylic acids is 1. The molecule has 2 N–H and O–H groups in total. The van der Waals surface area contributed by atoms with E-state index in [1.807, 2.05) is 13.8 Å². The zero-order valence-electron chi connectivity index (χ0n) is 14.4. The Morgan fingerprint density at radius 1 is 1.35 bits per heavy atom. The average Bonchev–Trinajstić information content (AvgIpc) is 3.25. The third-order valence-corrected chi connectivity index (χ3v) is 4.38. The molecule has 3 aromatic rings. The Kier molecular flexibility index (Phi) is 3.82. The zero-order chi connectivity index (χ0) is 18.4. The molecule has 8 heteroatoms. The summed E-state index contributed by atoms with van der Waals surface area (Å²) in [5.41, 5.74) is 1.10. The largest absolute Gasteiger partial charge is 0.478 e. The molecule has 1 aliphatic rings. The van der Waals surface area contributed by atoms with Gasteiger partial charge in [0.2, 0.25) is 0 Å². The van der Waals surface area contributed by atoms with Gasteiger partial charge in [-0.1, -0.05) is 13.8 Å². The van der Waals surface area contributed by atoms with Gasteiger partial charge in [-0.05, 0) is 30.4 Å². The van der Waals surface area contributed by atoms with Crippen molar-refractivity contribution in [3.05, 3.63) is 41.5 Å². The summed E-state index contributed by atoms with van der Waals surface area (Å²) < 4.78 is 15.7. The number of aromatic nitrogens is 4. The number of rotatable bonds is 5. The highest BCUT2D eigenvalue weighted by Gasteiger charge is 2.24. The van der Waals surface area contributed by atoms with Crippen LogP contribution in [0.25, 0.3) is 16.9 Å². The Balaban J connectivity index is 1.88. The van der Waals surface area contributed by atoms with Crippen LogP contribution in [-0.4, -0.2) is 36.9 Å². The summed E-state index contributed by atoms with van der Waals surface area (Å²) in [6, 6.07) is 3.53. The molecule has 0 atom stereocenters. The molecule has 7 nitrogen and oxygen atoms in total. The molecule has 2 aromatic heterocycles. The van der Waals surface area contributed by atoms with E-state index < -0.39 is 5.97 Å². The maximum absolute atomic E-state index is 14.4. The molecular formula is C18H18FN5O2. The molecule has 0 saturated heterocycles. The number of benzene rings is 1. The van der Waals surface area contributed by atoms with Crippen LogP contribution in [-0.2, 0) is 0 Å². The summed E-state index contributed by atoms with van der Waals surface area (Å²) in [5, 5.41) is 17.2. The highest BCUT2D eigenvalue weighted by molar-refractivity contribution is 5.91. The van der Waals surface area contributed by atoms with E-state index in [1.54, 1.807) is 6.07 Å². The van der Waals surface area contributed by atoms with Crippen molar-refractivity contribution < 1.29 is 14.3 Å². The lowest BCUT2D eigenvalue weighted by atomic mass is 10.0. The summed E-state index contributed by atoms with van der Waals surface area (Å²) in [4.78, 5) is 20.0. The van der Waals surface area contributed by atoms with Crippen molar-refractivity contribution in [2.75, 3.05) is 5.32 Å². The number of hydrogen-bond acceptors (Lipinski definition) is 5. The van der Waals surface area contributed by atoms with Gasteiger partial charge in [0, 0.05) is 23.7 Å². The second-order valence-electron chi connectivity index (χ2n) is 6.82. The first-order valence-electron chi connectivity index (χ1n) is 8.48. The lowest BCUT2D eigenvalue weighted by molar-refractivity contribution is 0.0697. The third-order valence-electron chi connectivity index (χ3n) is 4.38. The minimum Gasteiger partial charge on any atom is -0.478 e. The summed E-state index contributed by atoms with van der Waals surface area (Å²) in [6.45, 7) is 3.87. The quantitative estimate of drug-likeness (QED) is 0.729. The van der Waals surface area contributed by atoms with Gasteiger partial charge in [0.25, 0.3) is 5.95 Å². The van der Waals surface area contributed by atoms with Crippen molar-refractivity contribution in [1.29, 1.82) is 0 Å². The zero-order valence-corrected chi connectivity index (χ0v) is 14.4. The SMILES string of the molecule is CC(C)c1cc2c(NC3CC3)nc(-n3cc(C(=O)O)cn3)nc2cc1F. The number of hydrogen-bond donors (Lipinski definition) is 2. The van der Waals surface area contributed by atoms with Crippen LogP contribution in [0.1, 0.15) is 48.5 Å².